The molecule has 0 radical (unpaired) electrons. The average Bonchev–Trinajstić information content (AvgIpc) is 3.16. The van der Waals surface area contributed by atoms with Crippen LogP contribution < -0.4 is 10.6 Å². The summed E-state index contributed by atoms with van der Waals surface area (Å²) in [6.07, 6.45) is 0.730. The maximum Gasteiger partial charge on any atom is 0.243 e. The smallest absolute Gasteiger partial charge is 0.243 e. The number of amides is 3. The molecule has 2 atom stereocenters. The fraction of sp³-hybridized carbons (Fsp3) is 0.533. The molecule has 3 amide bonds. The minimum absolute atomic E-state index is 0.184. The molecule has 8 heteroatoms. The highest BCUT2D eigenvalue weighted by atomic mass is 32.1. The number of rotatable bonds is 7. The number of likely N-dealkylation sites (tertiary alicyclic amines) is 1. The fourth-order valence-electron chi connectivity index (χ4n) is 2.66. The number of hydrogen-bond acceptors (Lipinski definition) is 4. The molecule has 0 aliphatic carbocycles. The number of thiophene rings is 1. The van der Waals surface area contributed by atoms with Gasteiger partial charge in [-0.15, -0.1) is 11.3 Å². The largest absolute Gasteiger partial charge is 0.350 e. The molecule has 23 heavy (non-hydrogen) atoms. The number of aryl methyl sites for hydroxylation is 1. The standard InChI is InChI=1S/C15H20FN3O3S/c1-10-2-12(23-8-10)5-18-15(22)13-3-11(4-16)7-19(13)14(21)6-17-9-20/h2,8-9,11,13H,3-7H2,1H3,(H,17,20)(H,18,22). The fourth-order valence-corrected chi connectivity index (χ4v) is 3.48. The molecule has 1 aliphatic heterocycles. The maximum atomic E-state index is 12.9. The monoisotopic (exact) mass is 341 g/mol. The maximum absolute atomic E-state index is 12.9. The third-order valence-electron chi connectivity index (χ3n) is 3.79. The van der Waals surface area contributed by atoms with E-state index in [2.05, 4.69) is 10.6 Å². The lowest BCUT2D eigenvalue weighted by Crippen LogP contribution is -2.48. The molecule has 2 rings (SSSR count). The van der Waals surface area contributed by atoms with Crippen LogP contribution in [0.25, 0.3) is 0 Å². The Balaban J connectivity index is 1.96. The van der Waals surface area contributed by atoms with Crippen LogP contribution in [0.5, 0.6) is 0 Å². The molecule has 1 fully saturated rings. The molecular weight excluding hydrogens is 321 g/mol. The Kier molecular flexibility index (Phi) is 6.09. The van der Waals surface area contributed by atoms with Gasteiger partial charge < -0.3 is 15.5 Å². The van der Waals surface area contributed by atoms with Gasteiger partial charge in [0.25, 0.3) is 0 Å². The molecule has 0 aromatic carbocycles. The zero-order valence-electron chi connectivity index (χ0n) is 12.9. The Morgan fingerprint density at radius 1 is 1.52 bits per heavy atom. The lowest BCUT2D eigenvalue weighted by atomic mass is 10.1. The summed E-state index contributed by atoms with van der Waals surface area (Å²) in [5, 5.41) is 7.08. The van der Waals surface area contributed by atoms with Crippen molar-refractivity contribution in [1.29, 1.82) is 0 Å². The SMILES string of the molecule is Cc1csc(CNC(=O)C2CC(CF)CN2C(=O)CNC=O)c1. The van der Waals surface area contributed by atoms with Gasteiger partial charge in [-0.1, -0.05) is 0 Å². The van der Waals surface area contributed by atoms with E-state index in [9.17, 15) is 18.8 Å². The number of hydrogen-bond donors (Lipinski definition) is 2. The zero-order valence-corrected chi connectivity index (χ0v) is 13.7. The third-order valence-corrected chi connectivity index (χ3v) is 4.84. The Bertz CT molecular complexity index is 578. The van der Waals surface area contributed by atoms with Crippen LogP contribution in [0.3, 0.4) is 0 Å². The molecule has 2 heterocycles. The van der Waals surface area contributed by atoms with Crippen molar-refractivity contribution in [3.63, 3.8) is 0 Å². The minimum Gasteiger partial charge on any atom is -0.350 e. The molecule has 1 aromatic heterocycles. The summed E-state index contributed by atoms with van der Waals surface area (Å²) in [6.45, 7) is 1.81. The molecule has 2 unspecified atom stereocenters. The number of carbonyl (C=O) groups excluding carboxylic acids is 3. The molecule has 1 aromatic rings. The second-order valence-corrected chi connectivity index (χ2v) is 6.62. The van der Waals surface area contributed by atoms with Crippen molar-refractivity contribution in [2.75, 3.05) is 19.8 Å². The van der Waals surface area contributed by atoms with Gasteiger partial charge in [-0.3, -0.25) is 18.8 Å². The Morgan fingerprint density at radius 3 is 2.91 bits per heavy atom. The van der Waals surface area contributed by atoms with Crippen molar-refractivity contribution in [2.24, 2.45) is 5.92 Å². The lowest BCUT2D eigenvalue weighted by Gasteiger charge is -2.23. The first-order valence-electron chi connectivity index (χ1n) is 7.39. The van der Waals surface area contributed by atoms with Gasteiger partial charge in [0.1, 0.15) is 6.04 Å². The highest BCUT2D eigenvalue weighted by Crippen LogP contribution is 2.24. The minimum atomic E-state index is -0.683. The van der Waals surface area contributed by atoms with Crippen molar-refractivity contribution in [2.45, 2.75) is 25.9 Å². The first-order valence-corrected chi connectivity index (χ1v) is 8.27. The normalized spacial score (nSPS) is 20.3. The van der Waals surface area contributed by atoms with Gasteiger partial charge in [0, 0.05) is 17.3 Å². The van der Waals surface area contributed by atoms with Crippen LogP contribution in [-0.2, 0) is 20.9 Å². The summed E-state index contributed by atoms with van der Waals surface area (Å²) in [5.41, 5.74) is 1.13. The lowest BCUT2D eigenvalue weighted by molar-refractivity contribution is -0.138. The van der Waals surface area contributed by atoms with E-state index in [4.69, 9.17) is 0 Å². The summed E-state index contributed by atoms with van der Waals surface area (Å²) in [6, 6.07) is 1.30. The quantitative estimate of drug-likeness (QED) is 0.713. The molecule has 1 saturated heterocycles. The predicted octanol–water partition coefficient (Wildman–Crippen LogP) is 0.605. The van der Waals surface area contributed by atoms with Crippen molar-refractivity contribution in [3.05, 3.63) is 21.9 Å². The number of carbonyl (C=O) groups is 3. The summed E-state index contributed by atoms with van der Waals surface area (Å²) < 4.78 is 12.9. The molecule has 6 nitrogen and oxygen atoms in total. The molecule has 1 aliphatic rings. The van der Waals surface area contributed by atoms with E-state index in [1.807, 2.05) is 18.4 Å². The highest BCUT2D eigenvalue weighted by molar-refractivity contribution is 7.10. The van der Waals surface area contributed by atoms with Gasteiger partial charge in [-0.05, 0) is 30.4 Å². The number of nitrogens with one attached hydrogen (secondary N) is 2. The van der Waals surface area contributed by atoms with Gasteiger partial charge >= 0.3 is 0 Å². The van der Waals surface area contributed by atoms with Crippen LogP contribution >= 0.6 is 11.3 Å². The first-order chi connectivity index (χ1) is 11.0. The van der Waals surface area contributed by atoms with E-state index in [-0.39, 0.29) is 30.8 Å². The Hall–Kier alpha value is -1.96. The predicted molar refractivity (Wildman–Crippen MR) is 84.6 cm³/mol. The molecular formula is C15H20FN3O3S. The van der Waals surface area contributed by atoms with Crippen LogP contribution in [0.15, 0.2) is 11.4 Å². The Labute approximate surface area is 138 Å². The third kappa shape index (κ3) is 4.51. The van der Waals surface area contributed by atoms with Gasteiger partial charge in [-0.2, -0.15) is 0 Å². The first kappa shape index (κ1) is 17.4. The number of alkyl halides is 1. The van der Waals surface area contributed by atoms with E-state index in [1.165, 1.54) is 4.90 Å². The molecule has 0 spiro atoms. The average molecular weight is 341 g/mol. The van der Waals surface area contributed by atoms with Crippen LogP contribution in [0.1, 0.15) is 16.9 Å². The van der Waals surface area contributed by atoms with E-state index < -0.39 is 12.7 Å². The summed E-state index contributed by atoms with van der Waals surface area (Å²) in [7, 11) is 0. The number of nitrogens with zero attached hydrogens (tertiary/aromatic N) is 1. The van der Waals surface area contributed by atoms with Gasteiger partial charge in [0.05, 0.1) is 19.8 Å². The van der Waals surface area contributed by atoms with Gasteiger partial charge in [0.15, 0.2) is 0 Å². The van der Waals surface area contributed by atoms with E-state index >= 15 is 0 Å². The molecule has 126 valence electrons. The van der Waals surface area contributed by atoms with Crippen LogP contribution in [0, 0.1) is 12.8 Å². The summed E-state index contributed by atoms with van der Waals surface area (Å²) in [4.78, 5) is 37.1. The number of halogens is 1. The highest BCUT2D eigenvalue weighted by Gasteiger charge is 2.39. The second-order valence-electron chi connectivity index (χ2n) is 5.62. The van der Waals surface area contributed by atoms with Crippen LogP contribution in [0.4, 0.5) is 4.39 Å². The van der Waals surface area contributed by atoms with E-state index in [1.54, 1.807) is 11.3 Å². The zero-order chi connectivity index (χ0) is 16.8. The second kappa shape index (κ2) is 8.05. The molecule has 0 saturated carbocycles. The van der Waals surface area contributed by atoms with Crippen molar-refractivity contribution in [3.8, 4) is 0 Å². The Morgan fingerprint density at radius 2 is 2.30 bits per heavy atom. The van der Waals surface area contributed by atoms with Crippen molar-refractivity contribution < 1.29 is 18.8 Å². The van der Waals surface area contributed by atoms with Crippen LogP contribution in [-0.4, -0.2) is 48.9 Å². The van der Waals surface area contributed by atoms with Crippen LogP contribution in [0.2, 0.25) is 0 Å². The van der Waals surface area contributed by atoms with Crippen molar-refractivity contribution in [1.82, 2.24) is 15.5 Å². The van der Waals surface area contributed by atoms with Gasteiger partial charge in [-0.25, -0.2) is 0 Å². The molecule has 2 N–H and O–H groups in total. The molecule has 0 bridgehead atoms. The van der Waals surface area contributed by atoms with Gasteiger partial charge in [0.2, 0.25) is 18.2 Å². The van der Waals surface area contributed by atoms with Crippen molar-refractivity contribution >= 4 is 29.6 Å². The van der Waals surface area contributed by atoms with E-state index in [0.717, 1.165) is 10.4 Å². The van der Waals surface area contributed by atoms with E-state index in [0.29, 0.717) is 19.4 Å². The summed E-state index contributed by atoms with van der Waals surface area (Å²) in [5.74, 6) is -0.999. The summed E-state index contributed by atoms with van der Waals surface area (Å²) >= 11 is 1.55. The topological polar surface area (TPSA) is 78.5 Å².